The Morgan fingerprint density at radius 3 is 1.80 bits per heavy atom. The fraction of sp³-hybridized carbons (Fsp3) is 0.633. The Bertz CT molecular complexity index is 1280. The molecule has 2 N–H and O–H groups in total. The molecule has 0 atom stereocenters. The highest BCUT2D eigenvalue weighted by Crippen LogP contribution is 2.35. The number of H-pyrrole nitrogens is 2. The number of aryl methyl sites for hydroxylation is 2. The molecule has 2 aromatic heterocycles. The molecule has 3 saturated heterocycles. The predicted molar refractivity (Wildman–Crippen MR) is 152 cm³/mol. The fourth-order valence-electron chi connectivity index (χ4n) is 6.43. The molecule has 222 valence electrons. The van der Waals surface area contributed by atoms with Gasteiger partial charge in [-0.25, -0.2) is 0 Å². The Morgan fingerprint density at radius 1 is 0.732 bits per heavy atom. The van der Waals surface area contributed by atoms with Crippen LogP contribution in [0.3, 0.4) is 0 Å². The van der Waals surface area contributed by atoms with E-state index in [1.807, 2.05) is 21.9 Å². The van der Waals surface area contributed by atoms with Crippen LogP contribution >= 0.6 is 0 Å². The summed E-state index contributed by atoms with van der Waals surface area (Å²) in [6, 6.07) is 3.87. The first-order chi connectivity index (χ1) is 19.8. The van der Waals surface area contributed by atoms with Gasteiger partial charge >= 0.3 is 0 Å². The average molecular weight is 567 g/mol. The van der Waals surface area contributed by atoms with E-state index < -0.39 is 5.79 Å². The van der Waals surface area contributed by atoms with Gasteiger partial charge in [0.1, 0.15) is 17.2 Å². The van der Waals surface area contributed by atoms with Crippen LogP contribution in [0.4, 0.5) is 0 Å². The summed E-state index contributed by atoms with van der Waals surface area (Å²) < 4.78 is 11.6. The van der Waals surface area contributed by atoms with Crippen LogP contribution in [0.5, 0.6) is 0 Å². The van der Waals surface area contributed by atoms with Gasteiger partial charge in [0.2, 0.25) is 0 Å². The van der Waals surface area contributed by atoms with Crippen molar-refractivity contribution in [3.8, 4) is 0 Å². The van der Waals surface area contributed by atoms with Gasteiger partial charge in [0, 0.05) is 89.4 Å². The first-order valence-corrected chi connectivity index (χ1v) is 15.0. The molecule has 2 aliphatic carbocycles. The number of carbonyl (C=O) groups excluding carboxylic acids is 3. The van der Waals surface area contributed by atoms with Crippen molar-refractivity contribution in [3.05, 3.63) is 46.0 Å². The standard InChI is InChI=1S/C16H23N3O3.C14H19N3O2/c1-18-4-6-19(7-5-18)15(20)14-10-12-11-16(21-8-9-22-16)3-2-13(12)17-14;1-16-4-6-17(7-5-16)14(19)13-9-10-8-11(18)2-3-12(10)15-13/h10,17H,2-9,11H2,1H3;9,15H,2-8H2,1H3. The molecule has 0 radical (unpaired) electrons. The molecular weight excluding hydrogens is 524 g/mol. The Kier molecular flexibility index (Phi) is 8.04. The number of ketones is 1. The molecule has 3 aliphatic heterocycles. The molecule has 2 aromatic rings. The summed E-state index contributed by atoms with van der Waals surface area (Å²) in [5.74, 6) is 0.00782. The molecule has 5 aliphatic rings. The molecular formula is C30H42N6O5. The largest absolute Gasteiger partial charge is 0.354 e. The maximum atomic E-state index is 12.7. The number of hydrogen-bond donors (Lipinski definition) is 2. The SMILES string of the molecule is CN1CCN(C(=O)c2cc3c([nH]2)CCC(=O)C3)CC1.CN1CCN(C(=O)c2cc3c([nH]2)CCC2(C3)OCCO2)CC1. The zero-order valence-corrected chi connectivity index (χ0v) is 24.3. The second-order valence-corrected chi connectivity index (χ2v) is 12.1. The van der Waals surface area contributed by atoms with Gasteiger partial charge in [-0.3, -0.25) is 14.4 Å². The summed E-state index contributed by atoms with van der Waals surface area (Å²) in [6.07, 6.45) is 4.30. The molecule has 7 rings (SSSR count). The van der Waals surface area contributed by atoms with E-state index in [2.05, 4.69) is 33.9 Å². The monoisotopic (exact) mass is 566 g/mol. The molecule has 0 unspecified atom stereocenters. The third kappa shape index (κ3) is 6.13. The second kappa shape index (κ2) is 11.7. The normalized spacial score (nSPS) is 22.7. The molecule has 0 saturated carbocycles. The van der Waals surface area contributed by atoms with Crippen LogP contribution < -0.4 is 0 Å². The highest BCUT2D eigenvalue weighted by molar-refractivity contribution is 5.94. The van der Waals surface area contributed by atoms with Gasteiger partial charge in [-0.1, -0.05) is 0 Å². The third-order valence-electron chi connectivity index (χ3n) is 9.10. The van der Waals surface area contributed by atoms with Crippen LogP contribution in [0.2, 0.25) is 0 Å². The molecule has 0 aromatic carbocycles. The number of nitrogens with one attached hydrogen (secondary N) is 2. The lowest BCUT2D eigenvalue weighted by Crippen LogP contribution is -2.47. The van der Waals surface area contributed by atoms with Gasteiger partial charge in [-0.15, -0.1) is 0 Å². The summed E-state index contributed by atoms with van der Waals surface area (Å²) >= 11 is 0. The minimum absolute atomic E-state index is 0.0648. The summed E-state index contributed by atoms with van der Waals surface area (Å²) in [7, 11) is 4.16. The van der Waals surface area contributed by atoms with E-state index in [1.165, 1.54) is 11.3 Å². The van der Waals surface area contributed by atoms with E-state index in [-0.39, 0.29) is 17.6 Å². The van der Waals surface area contributed by atoms with E-state index >= 15 is 0 Å². The Hall–Kier alpha value is -2.99. The highest BCUT2D eigenvalue weighted by atomic mass is 16.7. The van der Waals surface area contributed by atoms with Gasteiger partial charge in [0.15, 0.2) is 5.79 Å². The molecule has 5 heterocycles. The van der Waals surface area contributed by atoms with Crippen molar-refractivity contribution in [2.24, 2.45) is 0 Å². The van der Waals surface area contributed by atoms with Crippen LogP contribution in [0.25, 0.3) is 0 Å². The van der Waals surface area contributed by atoms with Gasteiger partial charge in [0.25, 0.3) is 11.8 Å². The van der Waals surface area contributed by atoms with Crippen LogP contribution in [0.15, 0.2) is 12.1 Å². The Labute approximate surface area is 241 Å². The lowest BCUT2D eigenvalue weighted by molar-refractivity contribution is -0.163. The predicted octanol–water partition coefficient (Wildman–Crippen LogP) is 1.09. The van der Waals surface area contributed by atoms with E-state index in [9.17, 15) is 14.4 Å². The minimum atomic E-state index is -0.441. The maximum Gasteiger partial charge on any atom is 0.270 e. The zero-order chi connectivity index (χ0) is 28.6. The van der Waals surface area contributed by atoms with Crippen LogP contribution in [-0.4, -0.2) is 133 Å². The number of nitrogens with zero attached hydrogens (tertiary/aromatic N) is 4. The average Bonchev–Trinajstić information content (AvgIpc) is 3.72. The third-order valence-corrected chi connectivity index (χ3v) is 9.10. The van der Waals surface area contributed by atoms with Crippen LogP contribution in [-0.2, 0) is 40.0 Å². The number of carbonyl (C=O) groups is 3. The van der Waals surface area contributed by atoms with E-state index in [0.717, 1.165) is 89.3 Å². The molecule has 0 bridgehead atoms. The van der Waals surface area contributed by atoms with Crippen molar-refractivity contribution < 1.29 is 23.9 Å². The number of aromatic nitrogens is 2. The quantitative estimate of drug-likeness (QED) is 0.560. The smallest absolute Gasteiger partial charge is 0.270 e. The van der Waals surface area contributed by atoms with Crippen molar-refractivity contribution in [1.29, 1.82) is 0 Å². The second-order valence-electron chi connectivity index (χ2n) is 12.1. The molecule has 11 nitrogen and oxygen atoms in total. The highest BCUT2D eigenvalue weighted by Gasteiger charge is 2.41. The molecule has 41 heavy (non-hydrogen) atoms. The van der Waals surface area contributed by atoms with Gasteiger partial charge < -0.3 is 39.0 Å². The first kappa shape index (κ1) is 28.1. The number of piperazine rings is 2. The summed E-state index contributed by atoms with van der Waals surface area (Å²) in [5, 5.41) is 0. The van der Waals surface area contributed by atoms with E-state index in [0.29, 0.717) is 37.4 Å². The fourth-order valence-corrected chi connectivity index (χ4v) is 6.43. The van der Waals surface area contributed by atoms with Crippen molar-refractivity contribution in [1.82, 2.24) is 29.6 Å². The van der Waals surface area contributed by atoms with Gasteiger partial charge in [-0.05, 0) is 50.2 Å². The molecule has 11 heteroatoms. The summed E-state index contributed by atoms with van der Waals surface area (Å²) in [4.78, 5) is 51.3. The number of rotatable bonds is 2. The van der Waals surface area contributed by atoms with Crippen LogP contribution in [0.1, 0.15) is 56.3 Å². The van der Waals surface area contributed by atoms with Gasteiger partial charge in [-0.2, -0.15) is 0 Å². The summed E-state index contributed by atoms with van der Waals surface area (Å²) in [6.45, 7) is 8.23. The van der Waals surface area contributed by atoms with E-state index in [1.54, 1.807) is 0 Å². The topological polar surface area (TPSA) is 114 Å². The number of amides is 2. The first-order valence-electron chi connectivity index (χ1n) is 15.0. The molecule has 1 spiro atoms. The molecule has 3 fully saturated rings. The number of fused-ring (bicyclic) bond motifs is 2. The number of Topliss-reactive ketones (excluding diaryl/α,β-unsaturated/α-hetero) is 1. The lowest BCUT2D eigenvalue weighted by atomic mass is 9.92. The van der Waals surface area contributed by atoms with E-state index in [4.69, 9.17) is 9.47 Å². The van der Waals surface area contributed by atoms with Crippen molar-refractivity contribution >= 4 is 17.6 Å². The molecule has 2 amide bonds. The number of aromatic amines is 2. The zero-order valence-electron chi connectivity index (χ0n) is 24.3. The number of likely N-dealkylation sites (N-methyl/N-ethyl adjacent to an activating group) is 2. The Morgan fingerprint density at radius 2 is 1.24 bits per heavy atom. The van der Waals surface area contributed by atoms with Crippen molar-refractivity contribution in [3.63, 3.8) is 0 Å². The van der Waals surface area contributed by atoms with Gasteiger partial charge in [0.05, 0.1) is 13.2 Å². The summed E-state index contributed by atoms with van der Waals surface area (Å²) in [5.41, 5.74) is 5.77. The van der Waals surface area contributed by atoms with Crippen LogP contribution in [0, 0.1) is 0 Å². The Balaban J connectivity index is 0.000000149. The van der Waals surface area contributed by atoms with Crippen molar-refractivity contribution in [2.45, 2.75) is 44.3 Å². The lowest BCUT2D eigenvalue weighted by Gasteiger charge is -2.32. The van der Waals surface area contributed by atoms with Crippen molar-refractivity contribution in [2.75, 3.05) is 79.7 Å². The maximum absolute atomic E-state index is 12.7. The number of ether oxygens (including phenoxy) is 2. The minimum Gasteiger partial charge on any atom is -0.354 e. The number of hydrogen-bond acceptors (Lipinski definition) is 7.